The first-order chi connectivity index (χ1) is 11.6. The Morgan fingerprint density at radius 3 is 2.42 bits per heavy atom. The molecule has 0 saturated carbocycles. The number of rotatable bonds is 5. The highest BCUT2D eigenvalue weighted by atomic mass is 79.9. The summed E-state index contributed by atoms with van der Waals surface area (Å²) in [6, 6.07) is 23.3. The molecule has 0 aromatic heterocycles. The molecule has 0 spiro atoms. The monoisotopic (exact) mass is 381 g/mol. The number of benzene rings is 3. The van der Waals surface area contributed by atoms with Crippen LogP contribution in [0.25, 0.3) is 11.1 Å². The van der Waals surface area contributed by atoms with Gasteiger partial charge in [-0.3, -0.25) is 4.79 Å². The molecule has 2 N–H and O–H groups in total. The lowest BCUT2D eigenvalue weighted by molar-refractivity contribution is 0.0999. The van der Waals surface area contributed by atoms with Crippen LogP contribution in [0.5, 0.6) is 5.75 Å². The SMILES string of the molecule is NC(=O)c1cc(-c2cccc(OCc3ccccc3)c2)ccc1Br. The summed E-state index contributed by atoms with van der Waals surface area (Å²) < 4.78 is 6.54. The first-order valence-electron chi connectivity index (χ1n) is 7.50. The Morgan fingerprint density at radius 1 is 0.917 bits per heavy atom. The van der Waals surface area contributed by atoms with Crippen molar-refractivity contribution in [3.8, 4) is 16.9 Å². The van der Waals surface area contributed by atoms with Gasteiger partial charge in [-0.1, -0.05) is 48.5 Å². The molecule has 24 heavy (non-hydrogen) atoms. The minimum atomic E-state index is -0.458. The second-order valence-electron chi connectivity index (χ2n) is 5.36. The fourth-order valence-corrected chi connectivity index (χ4v) is 2.84. The van der Waals surface area contributed by atoms with Gasteiger partial charge in [0, 0.05) is 4.47 Å². The molecule has 0 saturated heterocycles. The van der Waals surface area contributed by atoms with E-state index in [1.54, 1.807) is 6.07 Å². The van der Waals surface area contributed by atoms with Gasteiger partial charge in [-0.25, -0.2) is 0 Å². The van der Waals surface area contributed by atoms with Crippen molar-refractivity contribution in [2.75, 3.05) is 0 Å². The first-order valence-corrected chi connectivity index (χ1v) is 8.29. The summed E-state index contributed by atoms with van der Waals surface area (Å²) in [5.74, 6) is 0.320. The molecule has 0 fully saturated rings. The van der Waals surface area contributed by atoms with E-state index in [-0.39, 0.29) is 0 Å². The Kier molecular flexibility index (Phi) is 4.96. The standard InChI is InChI=1S/C20H16BrNO2/c21-19-10-9-16(12-18(19)20(22)23)15-7-4-8-17(11-15)24-13-14-5-2-1-3-6-14/h1-12H,13H2,(H2,22,23). The molecule has 3 aromatic rings. The van der Waals surface area contributed by atoms with Gasteiger partial charge in [-0.2, -0.15) is 0 Å². The zero-order chi connectivity index (χ0) is 16.9. The van der Waals surface area contributed by atoms with E-state index in [1.807, 2.05) is 66.7 Å². The molecule has 0 unspecified atom stereocenters. The molecular formula is C20H16BrNO2. The quantitative estimate of drug-likeness (QED) is 0.690. The summed E-state index contributed by atoms with van der Waals surface area (Å²) in [6.07, 6.45) is 0. The van der Waals surface area contributed by atoms with Crippen LogP contribution in [0, 0.1) is 0 Å². The third-order valence-electron chi connectivity index (χ3n) is 3.65. The zero-order valence-electron chi connectivity index (χ0n) is 12.9. The van der Waals surface area contributed by atoms with Crippen molar-refractivity contribution in [1.82, 2.24) is 0 Å². The van der Waals surface area contributed by atoms with E-state index in [0.29, 0.717) is 16.6 Å². The van der Waals surface area contributed by atoms with E-state index in [9.17, 15) is 4.79 Å². The highest BCUT2D eigenvalue weighted by Crippen LogP contribution is 2.28. The van der Waals surface area contributed by atoms with Gasteiger partial charge in [0.1, 0.15) is 12.4 Å². The Bertz CT molecular complexity index is 863. The van der Waals surface area contributed by atoms with Crippen LogP contribution in [0.1, 0.15) is 15.9 Å². The Balaban J connectivity index is 1.83. The average Bonchev–Trinajstić information content (AvgIpc) is 2.61. The minimum absolute atomic E-state index is 0.458. The molecule has 0 bridgehead atoms. The number of amides is 1. The maximum absolute atomic E-state index is 11.5. The second kappa shape index (κ2) is 7.32. The van der Waals surface area contributed by atoms with Crippen LogP contribution in [-0.4, -0.2) is 5.91 Å². The molecule has 0 aliphatic heterocycles. The summed E-state index contributed by atoms with van der Waals surface area (Å²) in [6.45, 7) is 0.511. The van der Waals surface area contributed by atoms with Crippen molar-refractivity contribution < 1.29 is 9.53 Å². The fraction of sp³-hybridized carbons (Fsp3) is 0.0500. The molecule has 120 valence electrons. The molecular weight excluding hydrogens is 366 g/mol. The number of hydrogen-bond donors (Lipinski definition) is 1. The van der Waals surface area contributed by atoms with E-state index in [4.69, 9.17) is 10.5 Å². The van der Waals surface area contributed by atoms with Gasteiger partial charge in [-0.05, 0) is 56.9 Å². The van der Waals surface area contributed by atoms with Crippen molar-refractivity contribution in [1.29, 1.82) is 0 Å². The molecule has 0 radical (unpaired) electrons. The molecule has 0 aliphatic rings. The van der Waals surface area contributed by atoms with E-state index in [2.05, 4.69) is 15.9 Å². The van der Waals surface area contributed by atoms with Gasteiger partial charge in [0.2, 0.25) is 5.91 Å². The van der Waals surface area contributed by atoms with Crippen LogP contribution in [-0.2, 0) is 6.61 Å². The van der Waals surface area contributed by atoms with E-state index >= 15 is 0 Å². The Labute approximate surface area is 149 Å². The van der Waals surface area contributed by atoms with Gasteiger partial charge < -0.3 is 10.5 Å². The van der Waals surface area contributed by atoms with Crippen LogP contribution in [0.2, 0.25) is 0 Å². The van der Waals surface area contributed by atoms with Crippen LogP contribution in [0.4, 0.5) is 0 Å². The highest BCUT2D eigenvalue weighted by Gasteiger charge is 2.09. The zero-order valence-corrected chi connectivity index (χ0v) is 14.5. The molecule has 0 aliphatic carbocycles. The van der Waals surface area contributed by atoms with Crippen molar-refractivity contribution in [2.24, 2.45) is 5.73 Å². The third-order valence-corrected chi connectivity index (χ3v) is 4.34. The number of nitrogens with two attached hydrogens (primary N) is 1. The summed E-state index contributed by atoms with van der Waals surface area (Å²) in [7, 11) is 0. The minimum Gasteiger partial charge on any atom is -0.489 e. The summed E-state index contributed by atoms with van der Waals surface area (Å²) in [5, 5.41) is 0. The van der Waals surface area contributed by atoms with E-state index < -0.39 is 5.91 Å². The fourth-order valence-electron chi connectivity index (χ4n) is 2.40. The van der Waals surface area contributed by atoms with Gasteiger partial charge in [0.05, 0.1) is 5.56 Å². The largest absolute Gasteiger partial charge is 0.489 e. The van der Waals surface area contributed by atoms with Gasteiger partial charge >= 0.3 is 0 Å². The Morgan fingerprint density at radius 2 is 1.67 bits per heavy atom. The summed E-state index contributed by atoms with van der Waals surface area (Å²) in [4.78, 5) is 11.5. The normalized spacial score (nSPS) is 10.4. The Hall–Kier alpha value is -2.59. The molecule has 0 atom stereocenters. The van der Waals surface area contributed by atoms with Crippen LogP contribution < -0.4 is 10.5 Å². The van der Waals surface area contributed by atoms with Crippen molar-refractivity contribution >= 4 is 21.8 Å². The molecule has 1 amide bonds. The second-order valence-corrected chi connectivity index (χ2v) is 6.22. The lowest BCUT2D eigenvalue weighted by Crippen LogP contribution is -2.11. The number of halogens is 1. The lowest BCUT2D eigenvalue weighted by Gasteiger charge is -2.09. The third kappa shape index (κ3) is 3.84. The molecule has 3 aromatic carbocycles. The lowest BCUT2D eigenvalue weighted by atomic mass is 10.0. The smallest absolute Gasteiger partial charge is 0.249 e. The predicted octanol–water partition coefficient (Wildman–Crippen LogP) is 4.79. The highest BCUT2D eigenvalue weighted by molar-refractivity contribution is 9.10. The summed E-state index contributed by atoms with van der Waals surface area (Å²) >= 11 is 3.34. The maximum Gasteiger partial charge on any atom is 0.249 e. The molecule has 4 heteroatoms. The number of ether oxygens (including phenoxy) is 1. The van der Waals surface area contributed by atoms with Crippen LogP contribution in [0.3, 0.4) is 0 Å². The molecule has 0 heterocycles. The number of carbonyl (C=O) groups excluding carboxylic acids is 1. The van der Waals surface area contributed by atoms with Crippen molar-refractivity contribution in [2.45, 2.75) is 6.61 Å². The number of carbonyl (C=O) groups is 1. The molecule has 3 nitrogen and oxygen atoms in total. The van der Waals surface area contributed by atoms with E-state index in [1.165, 1.54) is 0 Å². The van der Waals surface area contributed by atoms with Crippen LogP contribution in [0.15, 0.2) is 77.3 Å². The first kappa shape index (κ1) is 16.3. The number of hydrogen-bond acceptors (Lipinski definition) is 2. The molecule has 3 rings (SSSR count). The van der Waals surface area contributed by atoms with Gasteiger partial charge in [0.15, 0.2) is 0 Å². The summed E-state index contributed by atoms with van der Waals surface area (Å²) in [5.41, 5.74) is 8.87. The van der Waals surface area contributed by atoms with Crippen LogP contribution >= 0.6 is 15.9 Å². The average molecular weight is 382 g/mol. The number of primary amides is 1. The van der Waals surface area contributed by atoms with Gasteiger partial charge in [-0.15, -0.1) is 0 Å². The van der Waals surface area contributed by atoms with E-state index in [0.717, 1.165) is 22.4 Å². The topological polar surface area (TPSA) is 52.3 Å². The predicted molar refractivity (Wildman–Crippen MR) is 98.9 cm³/mol. The van der Waals surface area contributed by atoms with Crippen molar-refractivity contribution in [3.63, 3.8) is 0 Å². The maximum atomic E-state index is 11.5. The van der Waals surface area contributed by atoms with Gasteiger partial charge in [0.25, 0.3) is 0 Å². The van der Waals surface area contributed by atoms with Crippen molar-refractivity contribution in [3.05, 3.63) is 88.4 Å².